The lowest BCUT2D eigenvalue weighted by Crippen LogP contribution is -2.19. The van der Waals surface area contributed by atoms with Gasteiger partial charge < -0.3 is 14.5 Å². The van der Waals surface area contributed by atoms with E-state index in [0.29, 0.717) is 21.3 Å². The van der Waals surface area contributed by atoms with Crippen LogP contribution < -0.4 is 10.1 Å². The average Bonchev–Trinajstić information content (AvgIpc) is 3.21. The predicted octanol–water partition coefficient (Wildman–Crippen LogP) is 6.20. The third-order valence-electron chi connectivity index (χ3n) is 6.31. The molecule has 1 aliphatic carbocycles. The number of alkyl halides is 3. The van der Waals surface area contributed by atoms with Crippen molar-refractivity contribution in [2.24, 2.45) is 5.92 Å². The van der Waals surface area contributed by atoms with Crippen LogP contribution in [0.25, 0.3) is 5.65 Å². The zero-order chi connectivity index (χ0) is 23.8. The maximum absolute atomic E-state index is 13.6. The van der Waals surface area contributed by atoms with Gasteiger partial charge in [-0.2, -0.15) is 8.78 Å². The van der Waals surface area contributed by atoms with E-state index < -0.39 is 17.5 Å². The maximum Gasteiger partial charge on any atom is 0.287 e. The molecule has 1 aliphatic rings. The van der Waals surface area contributed by atoms with E-state index in [-0.39, 0.29) is 5.69 Å². The molecule has 1 amide bonds. The molecular formula is C24H27F2IN4O2. The first-order valence-corrected chi connectivity index (χ1v) is 12.3. The zero-order valence-electron chi connectivity index (χ0n) is 18.8. The summed E-state index contributed by atoms with van der Waals surface area (Å²) in [5.74, 6) is -2.10. The number of nitrogens with one attached hydrogen (secondary N) is 1. The number of hydrogen-bond acceptors (Lipinski definition) is 4. The molecule has 1 atom stereocenters. The first kappa shape index (κ1) is 23.8. The molecule has 0 saturated heterocycles. The van der Waals surface area contributed by atoms with E-state index in [0.717, 1.165) is 37.0 Å². The minimum Gasteiger partial charge on any atom is -0.494 e. The molecule has 9 heteroatoms. The lowest BCUT2D eigenvalue weighted by molar-refractivity contribution is 0.0126. The number of carbonyl (C=O) groups excluding carboxylic acids is 1. The van der Waals surface area contributed by atoms with Crippen LogP contribution in [0.1, 0.15) is 67.3 Å². The molecule has 1 N–H and O–H groups in total. The van der Waals surface area contributed by atoms with E-state index in [9.17, 15) is 13.6 Å². The van der Waals surface area contributed by atoms with Gasteiger partial charge in [0.2, 0.25) is 0 Å². The molecule has 0 bridgehead atoms. The van der Waals surface area contributed by atoms with Gasteiger partial charge in [0.05, 0.1) is 12.8 Å². The monoisotopic (exact) mass is 568 g/mol. The number of halogens is 3. The normalized spacial score (nSPS) is 19.9. The van der Waals surface area contributed by atoms with Gasteiger partial charge in [0, 0.05) is 35.2 Å². The van der Waals surface area contributed by atoms with Gasteiger partial charge in [-0.3, -0.25) is 4.79 Å². The maximum atomic E-state index is 13.6. The molecule has 0 spiro atoms. The van der Waals surface area contributed by atoms with Crippen molar-refractivity contribution in [3.8, 4) is 5.75 Å². The van der Waals surface area contributed by atoms with E-state index in [1.165, 1.54) is 38.2 Å². The Labute approximate surface area is 205 Å². The summed E-state index contributed by atoms with van der Waals surface area (Å²) in [4.78, 5) is 21.4. The Morgan fingerprint density at radius 3 is 2.61 bits per heavy atom. The summed E-state index contributed by atoms with van der Waals surface area (Å²) in [5.41, 5.74) is 1.64. The Balaban J connectivity index is 1.56. The summed E-state index contributed by atoms with van der Waals surface area (Å²) in [5, 5.41) is 2.73. The fraction of sp³-hybridized carbons (Fsp3) is 0.458. The van der Waals surface area contributed by atoms with Crippen LogP contribution in [0.2, 0.25) is 0 Å². The Morgan fingerprint density at radius 2 is 1.97 bits per heavy atom. The molecular weight excluding hydrogens is 541 g/mol. The van der Waals surface area contributed by atoms with Crippen LogP contribution in [-0.4, -0.2) is 31.3 Å². The number of carbonyl (C=O) groups is 1. The Morgan fingerprint density at radius 1 is 1.24 bits per heavy atom. The zero-order valence-corrected chi connectivity index (χ0v) is 21.0. The van der Waals surface area contributed by atoms with Crippen LogP contribution in [0.3, 0.4) is 0 Å². The summed E-state index contributed by atoms with van der Waals surface area (Å²) in [6, 6.07) is 5.76. The van der Waals surface area contributed by atoms with Crippen molar-refractivity contribution >= 4 is 39.8 Å². The Kier molecular flexibility index (Phi) is 6.88. The number of amides is 1. The van der Waals surface area contributed by atoms with Crippen LogP contribution in [0.4, 0.5) is 14.5 Å². The molecule has 3 aromatic heterocycles. The number of anilines is 1. The van der Waals surface area contributed by atoms with E-state index in [1.54, 1.807) is 12.3 Å². The number of hydrogen-bond donors (Lipinski definition) is 1. The number of imidazole rings is 1. The minimum atomic E-state index is -3.13. The number of aromatic nitrogens is 3. The predicted molar refractivity (Wildman–Crippen MR) is 132 cm³/mol. The van der Waals surface area contributed by atoms with E-state index in [1.807, 2.05) is 10.6 Å². The van der Waals surface area contributed by atoms with Crippen LogP contribution in [0.15, 0.2) is 36.7 Å². The van der Waals surface area contributed by atoms with E-state index in [4.69, 9.17) is 9.72 Å². The highest BCUT2D eigenvalue weighted by Crippen LogP contribution is 2.39. The molecule has 0 aliphatic heterocycles. The van der Waals surface area contributed by atoms with Gasteiger partial charge in [0.15, 0.2) is 0 Å². The number of nitrogens with zero attached hydrogens (tertiary/aromatic N) is 3. The number of methoxy groups -OCH3 is 1. The number of ether oxygens (including phenoxy) is 1. The van der Waals surface area contributed by atoms with Gasteiger partial charge in [0.1, 0.15) is 28.5 Å². The summed E-state index contributed by atoms with van der Waals surface area (Å²) in [6.45, 7) is 3.03. The van der Waals surface area contributed by atoms with Gasteiger partial charge in [-0.15, -0.1) is 0 Å². The molecule has 6 nitrogen and oxygen atoms in total. The molecule has 176 valence electrons. The van der Waals surface area contributed by atoms with Crippen molar-refractivity contribution in [3.63, 3.8) is 0 Å². The number of rotatable bonds is 6. The fourth-order valence-corrected chi connectivity index (χ4v) is 5.08. The summed E-state index contributed by atoms with van der Waals surface area (Å²) >= 11 is 2.52. The summed E-state index contributed by atoms with van der Waals surface area (Å²) < 4.78 is 35.2. The molecule has 1 saturated carbocycles. The van der Waals surface area contributed by atoms with Crippen LogP contribution in [-0.2, 0) is 5.92 Å². The van der Waals surface area contributed by atoms with Crippen molar-refractivity contribution in [2.45, 2.75) is 55.3 Å². The van der Waals surface area contributed by atoms with Crippen LogP contribution >= 0.6 is 22.6 Å². The Hall–Kier alpha value is -2.30. The second kappa shape index (κ2) is 9.52. The molecule has 1 fully saturated rings. The highest BCUT2D eigenvalue weighted by molar-refractivity contribution is 14.1. The topological polar surface area (TPSA) is 68.5 Å². The van der Waals surface area contributed by atoms with Gasteiger partial charge in [-0.05, 0) is 43.7 Å². The van der Waals surface area contributed by atoms with Crippen molar-refractivity contribution in [1.29, 1.82) is 0 Å². The summed E-state index contributed by atoms with van der Waals surface area (Å²) in [7, 11) is 1.51. The molecule has 1 unspecified atom stereocenters. The standard InChI is InChI=1S/C24H27F2IN4O2/c1-14(27)15-7-9-16(10-8-15)18-12-31-13-19(20(33-3)11-22(31)29-18)30-23(32)17-5-4-6-21(28-17)24(2,25)26/h4-6,11-16H,7-10H2,1-3H3,(H,30,32)/t14?,15-,16-. The number of pyridine rings is 2. The van der Waals surface area contributed by atoms with Crippen molar-refractivity contribution in [2.75, 3.05) is 12.4 Å². The molecule has 0 radical (unpaired) electrons. The SMILES string of the molecule is COc1cc2nc([C@H]3CC[C@H](C(C)I)CC3)cn2cc1NC(=O)c1cccc(C(C)(F)F)n1. The minimum absolute atomic E-state index is 0.0938. The quantitative estimate of drug-likeness (QED) is 0.284. The van der Waals surface area contributed by atoms with E-state index >= 15 is 0 Å². The smallest absolute Gasteiger partial charge is 0.287 e. The molecule has 3 heterocycles. The first-order chi connectivity index (χ1) is 15.7. The second-order valence-corrected chi connectivity index (χ2v) is 10.7. The van der Waals surface area contributed by atoms with Crippen molar-refractivity contribution < 1.29 is 18.3 Å². The fourth-order valence-electron chi connectivity index (χ4n) is 4.36. The van der Waals surface area contributed by atoms with E-state index in [2.05, 4.69) is 39.8 Å². The molecule has 4 rings (SSSR count). The van der Waals surface area contributed by atoms with Gasteiger partial charge in [-0.1, -0.05) is 35.6 Å². The molecule has 33 heavy (non-hydrogen) atoms. The highest BCUT2D eigenvalue weighted by Gasteiger charge is 2.28. The molecule has 0 aromatic carbocycles. The lowest BCUT2D eigenvalue weighted by atomic mass is 9.80. The van der Waals surface area contributed by atoms with Gasteiger partial charge in [0.25, 0.3) is 11.8 Å². The Bertz CT molecular complexity index is 1150. The largest absolute Gasteiger partial charge is 0.494 e. The first-order valence-electron chi connectivity index (χ1n) is 11.0. The van der Waals surface area contributed by atoms with Gasteiger partial charge >= 0.3 is 0 Å². The van der Waals surface area contributed by atoms with Gasteiger partial charge in [-0.25, -0.2) is 9.97 Å². The number of fused-ring (bicyclic) bond motifs is 1. The average molecular weight is 568 g/mol. The second-order valence-electron chi connectivity index (χ2n) is 8.73. The van der Waals surface area contributed by atoms with Crippen molar-refractivity contribution in [3.05, 3.63) is 53.7 Å². The van der Waals surface area contributed by atoms with Crippen LogP contribution in [0.5, 0.6) is 5.75 Å². The highest BCUT2D eigenvalue weighted by atomic mass is 127. The lowest BCUT2D eigenvalue weighted by Gasteiger charge is -2.29. The van der Waals surface area contributed by atoms with Crippen molar-refractivity contribution in [1.82, 2.24) is 14.4 Å². The third kappa shape index (κ3) is 5.28. The molecule has 3 aromatic rings. The summed E-state index contributed by atoms with van der Waals surface area (Å²) in [6.07, 6.45) is 8.38. The third-order valence-corrected chi connectivity index (χ3v) is 7.33. The van der Waals surface area contributed by atoms with Crippen LogP contribution in [0, 0.1) is 5.92 Å².